The Labute approximate surface area is 187 Å². The first kappa shape index (κ1) is 23.7. The number of fused-ring (bicyclic) bond motifs is 1. The lowest BCUT2D eigenvalue weighted by molar-refractivity contribution is -0.120. The summed E-state index contributed by atoms with van der Waals surface area (Å²) in [5, 5.41) is 4.41. The fraction of sp³-hybridized carbons (Fsp3) is 0.292. The van der Waals surface area contributed by atoms with Gasteiger partial charge in [0.1, 0.15) is 17.1 Å². The van der Waals surface area contributed by atoms with Gasteiger partial charge in [-0.15, -0.1) is 0 Å². The van der Waals surface area contributed by atoms with Gasteiger partial charge in [-0.1, -0.05) is 42.5 Å². The molecule has 0 saturated heterocycles. The van der Waals surface area contributed by atoms with Crippen molar-refractivity contribution in [2.75, 3.05) is 5.32 Å². The average Bonchev–Trinajstić information content (AvgIpc) is 2.70. The molecule has 0 aliphatic rings. The van der Waals surface area contributed by atoms with Crippen LogP contribution in [-0.2, 0) is 20.6 Å². The highest BCUT2D eigenvalue weighted by Gasteiger charge is 2.33. The van der Waals surface area contributed by atoms with Crippen LogP contribution in [0.25, 0.3) is 10.8 Å². The minimum atomic E-state index is -3.99. The molecule has 0 aliphatic heterocycles. The van der Waals surface area contributed by atoms with Crippen molar-refractivity contribution in [2.24, 2.45) is 0 Å². The van der Waals surface area contributed by atoms with Gasteiger partial charge in [0.15, 0.2) is 0 Å². The van der Waals surface area contributed by atoms with E-state index >= 15 is 0 Å². The molecule has 3 aromatic carbocycles. The van der Waals surface area contributed by atoms with Gasteiger partial charge in [-0.3, -0.25) is 4.79 Å². The van der Waals surface area contributed by atoms with Gasteiger partial charge < -0.3 is 10.1 Å². The predicted molar refractivity (Wildman–Crippen MR) is 125 cm³/mol. The van der Waals surface area contributed by atoms with Gasteiger partial charge in [-0.05, 0) is 45.9 Å². The number of benzene rings is 3. The molecule has 32 heavy (non-hydrogen) atoms. The molecule has 0 fully saturated rings. The zero-order valence-corrected chi connectivity index (χ0v) is 19.3. The van der Waals surface area contributed by atoms with Crippen LogP contribution in [0.15, 0.2) is 60.7 Å². The molecule has 0 heterocycles. The maximum Gasteiger partial charge on any atom is 0.245 e. The van der Waals surface area contributed by atoms with Gasteiger partial charge in [0.2, 0.25) is 15.9 Å². The van der Waals surface area contributed by atoms with Crippen LogP contribution in [0.1, 0.15) is 33.3 Å². The van der Waals surface area contributed by atoms with Gasteiger partial charge in [-0.2, -0.15) is 4.72 Å². The number of ether oxygens (including phenoxy) is 1. The second-order valence-electron chi connectivity index (χ2n) is 8.36. The Morgan fingerprint density at radius 1 is 1.00 bits per heavy atom. The van der Waals surface area contributed by atoms with Gasteiger partial charge in [0.05, 0.1) is 11.9 Å². The number of carbonyl (C=O) groups excluding carboxylic acids is 1. The van der Waals surface area contributed by atoms with E-state index in [1.54, 1.807) is 18.2 Å². The minimum absolute atomic E-state index is 0.0124. The first-order chi connectivity index (χ1) is 15.0. The normalized spacial score (nSPS) is 12.2. The van der Waals surface area contributed by atoms with Gasteiger partial charge in [0, 0.05) is 22.0 Å². The number of sulfonamides is 1. The zero-order chi connectivity index (χ0) is 23.5. The van der Waals surface area contributed by atoms with Crippen molar-refractivity contribution in [1.82, 2.24) is 4.72 Å². The summed E-state index contributed by atoms with van der Waals surface area (Å²) < 4.78 is 47.3. The summed E-state index contributed by atoms with van der Waals surface area (Å²) in [6.07, 6.45) is -0.0124. The molecule has 8 heteroatoms. The molecule has 0 aliphatic carbocycles. The number of anilines is 1. The van der Waals surface area contributed by atoms with Crippen molar-refractivity contribution in [3.8, 4) is 5.75 Å². The fourth-order valence-corrected chi connectivity index (χ4v) is 4.89. The summed E-state index contributed by atoms with van der Waals surface area (Å²) in [5.41, 5.74) is -0.913. The zero-order valence-electron chi connectivity index (χ0n) is 18.5. The lowest BCUT2D eigenvalue weighted by Gasteiger charge is -2.25. The molecule has 6 nitrogen and oxygen atoms in total. The molecule has 2 N–H and O–H groups in total. The van der Waals surface area contributed by atoms with Crippen LogP contribution >= 0.6 is 0 Å². The van der Waals surface area contributed by atoms with Crippen molar-refractivity contribution >= 4 is 32.4 Å². The number of carbonyl (C=O) groups is 1. The summed E-state index contributed by atoms with van der Waals surface area (Å²) in [4.78, 5) is 13.0. The maximum atomic E-state index is 13.9. The Morgan fingerprint density at radius 2 is 1.62 bits per heavy atom. The molecule has 0 spiro atoms. The molecule has 0 unspecified atom stereocenters. The first-order valence-electron chi connectivity index (χ1n) is 10.2. The van der Waals surface area contributed by atoms with E-state index in [-0.39, 0.29) is 11.7 Å². The van der Waals surface area contributed by atoms with E-state index in [1.807, 2.05) is 38.1 Å². The van der Waals surface area contributed by atoms with E-state index < -0.39 is 33.0 Å². The second-order valence-corrected chi connectivity index (χ2v) is 10.1. The summed E-state index contributed by atoms with van der Waals surface area (Å²) in [5.74, 6) is -1.04. The molecular weight excluding hydrogens is 431 g/mol. The van der Waals surface area contributed by atoms with Crippen molar-refractivity contribution in [3.05, 3.63) is 72.0 Å². The Bertz CT molecular complexity index is 1240. The topological polar surface area (TPSA) is 84.5 Å². The molecule has 0 radical (unpaired) electrons. The summed E-state index contributed by atoms with van der Waals surface area (Å²) in [6.45, 7) is 6.78. The third kappa shape index (κ3) is 5.63. The van der Waals surface area contributed by atoms with Crippen LogP contribution in [-0.4, -0.2) is 26.0 Å². The van der Waals surface area contributed by atoms with Crippen LogP contribution in [0, 0.1) is 5.82 Å². The third-order valence-corrected chi connectivity index (χ3v) is 6.29. The molecule has 0 atom stereocenters. The smallest absolute Gasteiger partial charge is 0.245 e. The largest absolute Gasteiger partial charge is 0.490 e. The predicted octanol–water partition coefficient (Wildman–Crippen LogP) is 4.60. The van der Waals surface area contributed by atoms with E-state index in [9.17, 15) is 17.6 Å². The number of amides is 1. The van der Waals surface area contributed by atoms with E-state index in [0.29, 0.717) is 11.4 Å². The SMILES string of the molecule is CC(C)Oc1ccc(NC(=O)C(C)(C)NS(=O)(=O)Cc2ccccc2F)c2ccccc12. The lowest BCUT2D eigenvalue weighted by Crippen LogP contribution is -2.52. The molecular formula is C24H27FN2O4S. The fourth-order valence-electron chi connectivity index (χ4n) is 3.31. The van der Waals surface area contributed by atoms with Crippen LogP contribution in [0.2, 0.25) is 0 Å². The van der Waals surface area contributed by atoms with Gasteiger partial charge in [-0.25, -0.2) is 12.8 Å². The van der Waals surface area contributed by atoms with Crippen molar-refractivity contribution < 1.29 is 22.3 Å². The highest BCUT2D eigenvalue weighted by Crippen LogP contribution is 2.32. The first-order valence-corrected chi connectivity index (χ1v) is 11.9. The van der Waals surface area contributed by atoms with E-state index in [2.05, 4.69) is 10.0 Å². The number of rotatable bonds is 8. The quantitative estimate of drug-likeness (QED) is 0.517. The Kier molecular flexibility index (Phi) is 6.85. The van der Waals surface area contributed by atoms with Crippen molar-refractivity contribution in [1.29, 1.82) is 0 Å². The van der Waals surface area contributed by atoms with E-state index in [0.717, 1.165) is 10.8 Å². The molecule has 0 saturated carbocycles. The Morgan fingerprint density at radius 3 is 2.28 bits per heavy atom. The summed E-state index contributed by atoms with van der Waals surface area (Å²) >= 11 is 0. The number of nitrogens with one attached hydrogen (secondary N) is 2. The monoisotopic (exact) mass is 458 g/mol. The minimum Gasteiger partial charge on any atom is -0.490 e. The molecule has 0 bridgehead atoms. The van der Waals surface area contributed by atoms with Crippen LogP contribution in [0.4, 0.5) is 10.1 Å². The maximum absolute atomic E-state index is 13.9. The molecule has 3 rings (SSSR count). The Balaban J connectivity index is 1.81. The average molecular weight is 459 g/mol. The standard InChI is InChI=1S/C24H27FN2O4S/c1-16(2)31-22-14-13-21(18-10-6-7-11-19(18)22)26-23(28)24(3,4)27-32(29,30)15-17-9-5-8-12-20(17)25/h5-14,16,27H,15H2,1-4H3,(H,26,28). The highest BCUT2D eigenvalue weighted by molar-refractivity contribution is 7.88. The van der Waals surface area contributed by atoms with Crippen LogP contribution in [0.5, 0.6) is 5.75 Å². The number of halogens is 1. The van der Waals surface area contributed by atoms with Gasteiger partial charge in [0.25, 0.3) is 0 Å². The molecule has 0 aromatic heterocycles. The highest BCUT2D eigenvalue weighted by atomic mass is 32.2. The Hall–Kier alpha value is -2.97. The molecule has 1 amide bonds. The molecule has 3 aromatic rings. The number of hydrogen-bond acceptors (Lipinski definition) is 4. The van der Waals surface area contributed by atoms with E-state index in [4.69, 9.17) is 4.74 Å². The van der Waals surface area contributed by atoms with Crippen molar-refractivity contribution in [2.45, 2.75) is 45.1 Å². The van der Waals surface area contributed by atoms with E-state index in [1.165, 1.54) is 32.0 Å². The summed E-state index contributed by atoms with van der Waals surface area (Å²) in [6, 6.07) is 16.6. The third-order valence-electron chi connectivity index (χ3n) is 4.78. The lowest BCUT2D eigenvalue weighted by atomic mass is 10.0. The summed E-state index contributed by atoms with van der Waals surface area (Å²) in [7, 11) is -3.99. The van der Waals surface area contributed by atoms with Gasteiger partial charge >= 0.3 is 0 Å². The van der Waals surface area contributed by atoms with Crippen molar-refractivity contribution in [3.63, 3.8) is 0 Å². The molecule has 170 valence electrons. The second kappa shape index (κ2) is 9.26. The van der Waals surface area contributed by atoms with Crippen LogP contribution in [0.3, 0.4) is 0 Å². The van der Waals surface area contributed by atoms with Crippen LogP contribution < -0.4 is 14.8 Å². The number of hydrogen-bond donors (Lipinski definition) is 2.